The van der Waals surface area contributed by atoms with E-state index in [1.54, 1.807) is 12.3 Å². The second-order valence-electron chi connectivity index (χ2n) is 6.58. The van der Waals surface area contributed by atoms with Crippen molar-refractivity contribution in [3.05, 3.63) is 71.0 Å². The molecule has 142 valence electrons. The number of aryl methyl sites for hydroxylation is 2. The van der Waals surface area contributed by atoms with Gasteiger partial charge in [-0.1, -0.05) is 23.8 Å². The van der Waals surface area contributed by atoms with Gasteiger partial charge in [-0.2, -0.15) is 0 Å². The summed E-state index contributed by atoms with van der Waals surface area (Å²) in [6.07, 6.45) is 1.56. The van der Waals surface area contributed by atoms with Crippen molar-refractivity contribution in [1.29, 1.82) is 0 Å². The second-order valence-corrected chi connectivity index (χ2v) is 6.58. The van der Waals surface area contributed by atoms with E-state index in [9.17, 15) is 4.79 Å². The van der Waals surface area contributed by atoms with E-state index in [1.807, 2.05) is 50.2 Å². The Balaban J connectivity index is 1.43. The first-order chi connectivity index (χ1) is 13.6. The van der Waals surface area contributed by atoms with Crippen molar-refractivity contribution in [3.63, 3.8) is 0 Å². The summed E-state index contributed by atoms with van der Waals surface area (Å²) in [5.74, 6) is 1.57. The normalized spacial score (nSPS) is 11.9. The zero-order chi connectivity index (χ0) is 19.5. The van der Waals surface area contributed by atoms with Gasteiger partial charge >= 0.3 is 0 Å². The van der Waals surface area contributed by atoms with Gasteiger partial charge in [0.25, 0.3) is 5.91 Å². The lowest BCUT2D eigenvalue weighted by Gasteiger charge is -2.10. The van der Waals surface area contributed by atoms with Crippen LogP contribution in [0.3, 0.4) is 0 Å². The van der Waals surface area contributed by atoms with Crippen LogP contribution in [0.1, 0.15) is 27.2 Å². The lowest BCUT2D eigenvalue weighted by atomic mass is 10.1. The highest BCUT2D eigenvalue weighted by molar-refractivity contribution is 6.03. The van der Waals surface area contributed by atoms with Crippen LogP contribution in [0.25, 0.3) is 0 Å². The fourth-order valence-corrected chi connectivity index (χ4v) is 2.94. The largest absolute Gasteiger partial charge is 0.454 e. The van der Waals surface area contributed by atoms with E-state index in [0.29, 0.717) is 18.2 Å². The maximum atomic E-state index is 12.5. The molecule has 0 saturated heterocycles. The van der Waals surface area contributed by atoms with E-state index < -0.39 is 0 Å². The summed E-state index contributed by atoms with van der Waals surface area (Å²) < 4.78 is 10.7. The van der Waals surface area contributed by atoms with Gasteiger partial charge in [0.1, 0.15) is 5.69 Å². The molecule has 2 aromatic carbocycles. The molecule has 7 nitrogen and oxygen atoms in total. The molecule has 2 N–H and O–H groups in total. The Morgan fingerprint density at radius 2 is 1.93 bits per heavy atom. The summed E-state index contributed by atoms with van der Waals surface area (Å²) in [6, 6.07) is 13.2. The van der Waals surface area contributed by atoms with Crippen LogP contribution in [0, 0.1) is 13.8 Å². The number of aromatic nitrogens is 2. The molecule has 3 aromatic rings. The fourth-order valence-electron chi connectivity index (χ4n) is 2.94. The molecule has 0 saturated carbocycles. The van der Waals surface area contributed by atoms with E-state index in [4.69, 9.17) is 9.47 Å². The van der Waals surface area contributed by atoms with Crippen molar-refractivity contribution in [1.82, 2.24) is 9.97 Å². The topological polar surface area (TPSA) is 85.4 Å². The standard InChI is InChI=1S/C21H20N4O3/c1-13-3-5-16(14(2)9-13)24-20(26)17-7-8-22-21(25-17)23-11-15-4-6-18-19(10-15)28-12-27-18/h3-10H,11-12H2,1-2H3,(H,24,26)(H,22,23,25). The molecule has 7 heteroatoms. The van der Waals surface area contributed by atoms with Gasteiger partial charge < -0.3 is 20.1 Å². The number of nitrogens with zero attached hydrogens (tertiary/aromatic N) is 2. The van der Waals surface area contributed by atoms with Gasteiger partial charge in [0.05, 0.1) is 0 Å². The zero-order valence-corrected chi connectivity index (χ0v) is 15.7. The quantitative estimate of drug-likeness (QED) is 0.706. The number of fused-ring (bicyclic) bond motifs is 1. The molecule has 2 heterocycles. The molecule has 4 rings (SSSR count). The number of rotatable bonds is 5. The van der Waals surface area contributed by atoms with Gasteiger partial charge in [-0.25, -0.2) is 9.97 Å². The molecular formula is C21H20N4O3. The van der Waals surface area contributed by atoms with Crippen molar-refractivity contribution < 1.29 is 14.3 Å². The Morgan fingerprint density at radius 3 is 2.79 bits per heavy atom. The SMILES string of the molecule is Cc1ccc(NC(=O)c2ccnc(NCc3ccc4c(c3)OCO4)n2)c(C)c1. The third-order valence-corrected chi connectivity index (χ3v) is 4.41. The van der Waals surface area contributed by atoms with Crippen molar-refractivity contribution in [3.8, 4) is 11.5 Å². The van der Waals surface area contributed by atoms with E-state index in [2.05, 4.69) is 20.6 Å². The van der Waals surface area contributed by atoms with Gasteiger partial charge in [0.2, 0.25) is 12.7 Å². The van der Waals surface area contributed by atoms with E-state index in [-0.39, 0.29) is 12.7 Å². The van der Waals surface area contributed by atoms with Crippen LogP contribution < -0.4 is 20.1 Å². The summed E-state index contributed by atoms with van der Waals surface area (Å²) in [7, 11) is 0. The molecule has 1 aliphatic heterocycles. The maximum absolute atomic E-state index is 12.5. The van der Waals surface area contributed by atoms with Crippen LogP contribution in [0.4, 0.5) is 11.6 Å². The van der Waals surface area contributed by atoms with Crippen LogP contribution in [-0.4, -0.2) is 22.7 Å². The highest BCUT2D eigenvalue weighted by atomic mass is 16.7. The van der Waals surface area contributed by atoms with E-state index >= 15 is 0 Å². The van der Waals surface area contributed by atoms with E-state index in [1.165, 1.54) is 0 Å². The third kappa shape index (κ3) is 3.88. The van der Waals surface area contributed by atoms with Crippen LogP contribution in [-0.2, 0) is 6.54 Å². The van der Waals surface area contributed by atoms with Crippen molar-refractivity contribution in [2.45, 2.75) is 20.4 Å². The van der Waals surface area contributed by atoms with Gasteiger partial charge in [0.15, 0.2) is 11.5 Å². The van der Waals surface area contributed by atoms with Crippen molar-refractivity contribution in [2.24, 2.45) is 0 Å². The number of carbonyl (C=O) groups excluding carboxylic acids is 1. The lowest BCUT2D eigenvalue weighted by molar-refractivity contribution is 0.102. The first-order valence-electron chi connectivity index (χ1n) is 8.92. The Bertz CT molecular complexity index is 1040. The Hall–Kier alpha value is -3.61. The highest BCUT2D eigenvalue weighted by Gasteiger charge is 2.14. The molecule has 1 amide bonds. The highest BCUT2D eigenvalue weighted by Crippen LogP contribution is 2.32. The predicted molar refractivity (Wildman–Crippen MR) is 106 cm³/mol. The van der Waals surface area contributed by atoms with E-state index in [0.717, 1.165) is 33.9 Å². The van der Waals surface area contributed by atoms with Crippen LogP contribution in [0.15, 0.2) is 48.7 Å². The monoisotopic (exact) mass is 376 g/mol. The number of carbonyl (C=O) groups is 1. The summed E-state index contributed by atoms with van der Waals surface area (Å²) in [4.78, 5) is 21.0. The van der Waals surface area contributed by atoms with Crippen molar-refractivity contribution in [2.75, 3.05) is 17.4 Å². The van der Waals surface area contributed by atoms with Gasteiger partial charge in [-0.15, -0.1) is 0 Å². The minimum Gasteiger partial charge on any atom is -0.454 e. The maximum Gasteiger partial charge on any atom is 0.274 e. The number of anilines is 2. The fraction of sp³-hybridized carbons (Fsp3) is 0.190. The average Bonchev–Trinajstić information content (AvgIpc) is 3.16. The van der Waals surface area contributed by atoms with Crippen molar-refractivity contribution >= 4 is 17.5 Å². The molecule has 0 unspecified atom stereocenters. The number of amides is 1. The predicted octanol–water partition coefficient (Wildman–Crippen LogP) is 3.69. The van der Waals surface area contributed by atoms with Gasteiger partial charge in [-0.3, -0.25) is 4.79 Å². The number of nitrogens with one attached hydrogen (secondary N) is 2. The Morgan fingerprint density at radius 1 is 1.07 bits per heavy atom. The summed E-state index contributed by atoms with van der Waals surface area (Å²) >= 11 is 0. The molecule has 0 spiro atoms. The molecule has 0 atom stereocenters. The number of hydrogen-bond donors (Lipinski definition) is 2. The van der Waals surface area contributed by atoms with Crippen LogP contribution in [0.5, 0.6) is 11.5 Å². The molecule has 0 radical (unpaired) electrons. The first-order valence-corrected chi connectivity index (χ1v) is 8.92. The molecule has 1 aliphatic rings. The smallest absolute Gasteiger partial charge is 0.274 e. The Labute approximate surface area is 162 Å². The summed E-state index contributed by atoms with van der Waals surface area (Å²) in [5.41, 5.74) is 4.21. The average molecular weight is 376 g/mol. The molecular weight excluding hydrogens is 356 g/mol. The molecule has 28 heavy (non-hydrogen) atoms. The summed E-state index contributed by atoms with van der Waals surface area (Å²) in [6.45, 7) is 4.72. The van der Waals surface area contributed by atoms with Gasteiger partial charge in [-0.05, 0) is 49.2 Å². The minimum absolute atomic E-state index is 0.243. The number of ether oxygens (including phenoxy) is 2. The summed E-state index contributed by atoms with van der Waals surface area (Å²) in [5, 5.41) is 6.03. The molecule has 0 bridgehead atoms. The lowest BCUT2D eigenvalue weighted by Crippen LogP contribution is -2.16. The third-order valence-electron chi connectivity index (χ3n) is 4.41. The second kappa shape index (κ2) is 7.56. The first kappa shape index (κ1) is 17.8. The van der Waals surface area contributed by atoms with Gasteiger partial charge in [0, 0.05) is 18.4 Å². The molecule has 0 fully saturated rings. The molecule has 0 aliphatic carbocycles. The van der Waals surface area contributed by atoms with Crippen LogP contribution >= 0.6 is 0 Å². The molecule has 1 aromatic heterocycles. The minimum atomic E-state index is -0.277. The van der Waals surface area contributed by atoms with Crippen LogP contribution in [0.2, 0.25) is 0 Å². The zero-order valence-electron chi connectivity index (χ0n) is 15.7. The number of benzene rings is 2. The Kier molecular flexibility index (Phi) is 4.80. The number of hydrogen-bond acceptors (Lipinski definition) is 6.